The second kappa shape index (κ2) is 9.77. The topological polar surface area (TPSA) is 48.9 Å². The Balaban J connectivity index is 1.83. The SMILES string of the molecule is CCNC(=NCC(OC)C(C)(C)C)NC1CCN(C2CCCC2)CC1. The fourth-order valence-electron chi connectivity index (χ4n) is 4.07. The summed E-state index contributed by atoms with van der Waals surface area (Å²) in [6, 6.07) is 1.39. The molecule has 1 saturated heterocycles. The zero-order chi connectivity index (χ0) is 18.3. The molecule has 0 spiro atoms. The maximum atomic E-state index is 5.63. The summed E-state index contributed by atoms with van der Waals surface area (Å²) in [7, 11) is 1.78. The molecule has 0 aromatic carbocycles. The third-order valence-electron chi connectivity index (χ3n) is 5.72. The highest BCUT2D eigenvalue weighted by Crippen LogP contribution is 2.26. The van der Waals surface area contributed by atoms with Crippen LogP contribution in [-0.4, -0.2) is 62.3 Å². The van der Waals surface area contributed by atoms with E-state index >= 15 is 0 Å². The molecule has 1 unspecified atom stereocenters. The molecular weight excluding hydrogens is 312 g/mol. The molecule has 2 rings (SSSR count). The van der Waals surface area contributed by atoms with Crippen molar-refractivity contribution in [2.75, 3.05) is 33.3 Å². The molecule has 2 N–H and O–H groups in total. The van der Waals surface area contributed by atoms with Gasteiger partial charge in [-0.3, -0.25) is 4.99 Å². The van der Waals surface area contributed by atoms with Gasteiger partial charge < -0.3 is 20.3 Å². The van der Waals surface area contributed by atoms with Crippen LogP contribution in [0, 0.1) is 5.41 Å². The summed E-state index contributed by atoms with van der Waals surface area (Å²) >= 11 is 0. The molecule has 146 valence electrons. The van der Waals surface area contributed by atoms with Crippen molar-refractivity contribution in [3.05, 3.63) is 0 Å². The highest BCUT2D eigenvalue weighted by atomic mass is 16.5. The van der Waals surface area contributed by atoms with Gasteiger partial charge in [0.15, 0.2) is 5.96 Å². The molecule has 0 aromatic rings. The van der Waals surface area contributed by atoms with Crippen molar-refractivity contribution < 1.29 is 4.74 Å². The van der Waals surface area contributed by atoms with Gasteiger partial charge in [-0.05, 0) is 38.0 Å². The third-order valence-corrected chi connectivity index (χ3v) is 5.72. The Morgan fingerprint density at radius 1 is 1.16 bits per heavy atom. The smallest absolute Gasteiger partial charge is 0.191 e. The molecule has 5 nitrogen and oxygen atoms in total. The first-order chi connectivity index (χ1) is 11.9. The number of rotatable bonds is 6. The fourth-order valence-corrected chi connectivity index (χ4v) is 4.07. The van der Waals surface area contributed by atoms with E-state index in [0.717, 1.165) is 18.5 Å². The molecule has 0 aromatic heterocycles. The van der Waals surface area contributed by atoms with Crippen LogP contribution in [0.5, 0.6) is 0 Å². The maximum Gasteiger partial charge on any atom is 0.191 e. The average Bonchev–Trinajstić information content (AvgIpc) is 3.09. The van der Waals surface area contributed by atoms with Crippen molar-refractivity contribution in [2.45, 2.75) is 84.4 Å². The van der Waals surface area contributed by atoms with Gasteiger partial charge in [0.25, 0.3) is 0 Å². The Bertz CT molecular complexity index is 404. The standard InChI is InChI=1S/C20H40N4O/c1-6-21-19(22-15-18(25-5)20(2,3)4)23-16-11-13-24(14-12-16)17-9-7-8-10-17/h16-18H,6-15H2,1-5H3,(H2,21,22,23). The number of ether oxygens (including phenoxy) is 1. The van der Waals surface area contributed by atoms with Crippen LogP contribution in [0.15, 0.2) is 4.99 Å². The van der Waals surface area contributed by atoms with Crippen molar-refractivity contribution in [1.29, 1.82) is 0 Å². The summed E-state index contributed by atoms with van der Waals surface area (Å²) in [6.45, 7) is 12.8. The van der Waals surface area contributed by atoms with E-state index in [2.05, 4.69) is 43.2 Å². The Labute approximate surface area is 155 Å². The van der Waals surface area contributed by atoms with E-state index in [4.69, 9.17) is 9.73 Å². The number of guanidine groups is 1. The molecule has 5 heteroatoms. The van der Waals surface area contributed by atoms with E-state index in [0.29, 0.717) is 12.6 Å². The quantitative estimate of drug-likeness (QED) is 0.570. The van der Waals surface area contributed by atoms with Gasteiger partial charge in [0.2, 0.25) is 0 Å². The van der Waals surface area contributed by atoms with Gasteiger partial charge in [-0.2, -0.15) is 0 Å². The molecule has 2 aliphatic rings. The van der Waals surface area contributed by atoms with E-state index < -0.39 is 0 Å². The minimum Gasteiger partial charge on any atom is -0.379 e. The summed E-state index contributed by atoms with van der Waals surface area (Å²) in [4.78, 5) is 7.52. The molecule has 0 radical (unpaired) electrons. The molecular formula is C20H40N4O. The molecule has 25 heavy (non-hydrogen) atoms. The second-order valence-corrected chi connectivity index (χ2v) is 8.70. The maximum absolute atomic E-state index is 5.63. The van der Waals surface area contributed by atoms with Crippen molar-refractivity contribution >= 4 is 5.96 Å². The summed E-state index contributed by atoms with van der Waals surface area (Å²) in [6.07, 6.45) is 8.23. The average molecular weight is 353 g/mol. The molecule has 0 amide bonds. The zero-order valence-corrected chi connectivity index (χ0v) is 17.1. The predicted octanol–water partition coefficient (Wildman–Crippen LogP) is 3.01. The van der Waals surface area contributed by atoms with Gasteiger partial charge in [-0.15, -0.1) is 0 Å². The monoisotopic (exact) mass is 352 g/mol. The van der Waals surface area contributed by atoms with Gasteiger partial charge in [0.05, 0.1) is 12.6 Å². The van der Waals surface area contributed by atoms with Crippen LogP contribution in [0.2, 0.25) is 0 Å². The van der Waals surface area contributed by atoms with Crippen LogP contribution in [0.1, 0.15) is 66.2 Å². The minimum atomic E-state index is 0.0994. The lowest BCUT2D eigenvalue weighted by Gasteiger charge is -2.36. The van der Waals surface area contributed by atoms with E-state index in [9.17, 15) is 0 Å². The summed E-state index contributed by atoms with van der Waals surface area (Å²) in [5, 5.41) is 7.05. The first-order valence-corrected chi connectivity index (χ1v) is 10.3. The Kier molecular flexibility index (Phi) is 8.01. The van der Waals surface area contributed by atoms with Crippen LogP contribution in [-0.2, 0) is 4.74 Å². The van der Waals surface area contributed by atoms with Crippen LogP contribution >= 0.6 is 0 Å². The van der Waals surface area contributed by atoms with Crippen LogP contribution in [0.25, 0.3) is 0 Å². The zero-order valence-electron chi connectivity index (χ0n) is 17.1. The molecule has 1 heterocycles. The van der Waals surface area contributed by atoms with Gasteiger partial charge >= 0.3 is 0 Å². The van der Waals surface area contributed by atoms with Gasteiger partial charge in [-0.25, -0.2) is 0 Å². The van der Waals surface area contributed by atoms with E-state index in [1.54, 1.807) is 7.11 Å². The highest BCUT2D eigenvalue weighted by Gasteiger charge is 2.28. The predicted molar refractivity (Wildman–Crippen MR) is 106 cm³/mol. The third kappa shape index (κ3) is 6.45. The molecule has 2 fully saturated rings. The highest BCUT2D eigenvalue weighted by molar-refractivity contribution is 5.80. The molecule has 1 aliphatic heterocycles. The van der Waals surface area contributed by atoms with E-state index in [-0.39, 0.29) is 11.5 Å². The Morgan fingerprint density at radius 2 is 1.80 bits per heavy atom. The Hall–Kier alpha value is -0.810. The number of hydrogen-bond acceptors (Lipinski definition) is 3. The number of hydrogen-bond donors (Lipinski definition) is 2. The summed E-state index contributed by atoms with van der Waals surface area (Å²) in [5.74, 6) is 0.938. The lowest BCUT2D eigenvalue weighted by Crippen LogP contribution is -2.50. The second-order valence-electron chi connectivity index (χ2n) is 8.70. The Morgan fingerprint density at radius 3 is 2.32 bits per heavy atom. The first-order valence-electron chi connectivity index (χ1n) is 10.3. The summed E-state index contributed by atoms with van der Waals surface area (Å²) in [5.41, 5.74) is 0.0994. The van der Waals surface area contributed by atoms with Crippen LogP contribution in [0.3, 0.4) is 0 Å². The molecule has 1 saturated carbocycles. The van der Waals surface area contributed by atoms with Crippen molar-refractivity contribution in [2.24, 2.45) is 10.4 Å². The van der Waals surface area contributed by atoms with Gasteiger partial charge in [0, 0.05) is 38.8 Å². The number of nitrogens with one attached hydrogen (secondary N) is 2. The lowest BCUT2D eigenvalue weighted by molar-refractivity contribution is 0.0241. The number of methoxy groups -OCH3 is 1. The van der Waals surface area contributed by atoms with Gasteiger partial charge in [0.1, 0.15) is 0 Å². The fraction of sp³-hybridized carbons (Fsp3) is 0.950. The normalized spacial score (nSPS) is 23.0. The van der Waals surface area contributed by atoms with Crippen molar-refractivity contribution in [3.63, 3.8) is 0 Å². The largest absolute Gasteiger partial charge is 0.379 e. The van der Waals surface area contributed by atoms with Crippen LogP contribution < -0.4 is 10.6 Å². The molecule has 1 atom stereocenters. The van der Waals surface area contributed by atoms with E-state index in [1.165, 1.54) is 51.6 Å². The van der Waals surface area contributed by atoms with Gasteiger partial charge in [-0.1, -0.05) is 33.6 Å². The molecule has 0 bridgehead atoms. The number of piperidine rings is 1. The number of nitrogens with zero attached hydrogens (tertiary/aromatic N) is 2. The lowest BCUT2D eigenvalue weighted by atomic mass is 9.89. The van der Waals surface area contributed by atoms with Crippen molar-refractivity contribution in [3.8, 4) is 0 Å². The van der Waals surface area contributed by atoms with Crippen molar-refractivity contribution in [1.82, 2.24) is 15.5 Å². The number of aliphatic imine (C=N–C) groups is 1. The van der Waals surface area contributed by atoms with Crippen LogP contribution in [0.4, 0.5) is 0 Å². The molecule has 1 aliphatic carbocycles. The number of likely N-dealkylation sites (tertiary alicyclic amines) is 1. The first kappa shape index (κ1) is 20.5. The minimum absolute atomic E-state index is 0.0994. The summed E-state index contributed by atoms with van der Waals surface area (Å²) < 4.78 is 5.63. The van der Waals surface area contributed by atoms with E-state index in [1.807, 2.05) is 0 Å².